The predicted molar refractivity (Wildman–Crippen MR) is 85.8 cm³/mol. The van der Waals surface area contributed by atoms with Crippen molar-refractivity contribution in [1.82, 2.24) is 15.5 Å². The van der Waals surface area contributed by atoms with Crippen LogP contribution < -0.4 is 5.48 Å². The largest absolute Gasteiger partial charge is 0.438 e. The van der Waals surface area contributed by atoms with E-state index in [0.717, 1.165) is 11.1 Å². The fourth-order valence-electron chi connectivity index (χ4n) is 2.63. The quantitative estimate of drug-likeness (QED) is 0.648. The lowest BCUT2D eigenvalue weighted by atomic mass is 10.0. The normalized spacial score (nSPS) is 17.2. The molecule has 8 heteroatoms. The smallest absolute Gasteiger partial charge is 0.247 e. The number of amides is 1. The third kappa shape index (κ3) is 3.28. The first-order valence-electron chi connectivity index (χ1n) is 7.74. The summed E-state index contributed by atoms with van der Waals surface area (Å²) in [6.45, 7) is 4.59. The first kappa shape index (κ1) is 16.1. The van der Waals surface area contributed by atoms with Crippen LogP contribution >= 0.6 is 0 Å². The Morgan fingerprint density at radius 3 is 2.96 bits per heavy atom. The van der Waals surface area contributed by atoms with Gasteiger partial charge in [-0.1, -0.05) is 31.2 Å². The third-order valence-electron chi connectivity index (χ3n) is 3.78. The van der Waals surface area contributed by atoms with Gasteiger partial charge in [-0.3, -0.25) is 15.0 Å². The summed E-state index contributed by atoms with van der Waals surface area (Å²) in [6.07, 6.45) is 1.69. The Labute approximate surface area is 138 Å². The lowest BCUT2D eigenvalue weighted by Gasteiger charge is -2.25. The van der Waals surface area contributed by atoms with Crippen LogP contribution in [0.2, 0.25) is 0 Å². The summed E-state index contributed by atoms with van der Waals surface area (Å²) in [7, 11) is 0. The molecule has 1 aromatic heterocycles. The zero-order chi connectivity index (χ0) is 17.1. The number of rotatable bonds is 5. The minimum atomic E-state index is -0.490. The Hall–Kier alpha value is -2.74. The molecule has 0 saturated heterocycles. The van der Waals surface area contributed by atoms with Gasteiger partial charge in [-0.05, 0) is 24.1 Å². The monoisotopic (exact) mass is 329 g/mol. The van der Waals surface area contributed by atoms with Crippen molar-refractivity contribution in [1.29, 1.82) is 0 Å². The SMILES string of the molecule is CC(C)C(c1nc2ccccc2o1)N1C/C(=C/CC(=O)NO)N=N1. The minimum absolute atomic E-state index is 0.0495. The van der Waals surface area contributed by atoms with Gasteiger partial charge in [0.05, 0.1) is 12.2 Å². The second kappa shape index (κ2) is 6.79. The van der Waals surface area contributed by atoms with Gasteiger partial charge in [0.15, 0.2) is 5.58 Å². The van der Waals surface area contributed by atoms with Gasteiger partial charge in [0.25, 0.3) is 0 Å². The van der Waals surface area contributed by atoms with Crippen molar-refractivity contribution in [3.63, 3.8) is 0 Å². The molecule has 0 bridgehead atoms. The van der Waals surface area contributed by atoms with Crippen LogP contribution in [0.5, 0.6) is 0 Å². The summed E-state index contributed by atoms with van der Waals surface area (Å²) in [5.41, 5.74) is 3.80. The number of carbonyl (C=O) groups is 1. The Balaban J connectivity index is 1.80. The van der Waals surface area contributed by atoms with Crippen LogP contribution in [0.1, 0.15) is 32.2 Å². The highest BCUT2D eigenvalue weighted by Gasteiger charge is 2.31. The lowest BCUT2D eigenvalue weighted by molar-refractivity contribution is -0.128. The molecule has 0 spiro atoms. The van der Waals surface area contributed by atoms with Crippen LogP contribution in [-0.2, 0) is 4.79 Å². The molecule has 8 nitrogen and oxygen atoms in total. The average molecular weight is 329 g/mol. The van der Waals surface area contributed by atoms with Crippen LogP contribution in [0.15, 0.2) is 50.8 Å². The number of hydrogen-bond acceptors (Lipinski definition) is 7. The van der Waals surface area contributed by atoms with Gasteiger partial charge >= 0.3 is 0 Å². The molecular weight excluding hydrogens is 310 g/mol. The lowest BCUT2D eigenvalue weighted by Crippen LogP contribution is -2.26. The molecule has 0 radical (unpaired) electrons. The Kier molecular flexibility index (Phi) is 4.57. The van der Waals surface area contributed by atoms with Crippen molar-refractivity contribution in [2.75, 3.05) is 6.54 Å². The highest BCUT2D eigenvalue weighted by Crippen LogP contribution is 2.33. The summed E-state index contributed by atoms with van der Waals surface area (Å²) in [5, 5.41) is 18.6. The van der Waals surface area contributed by atoms with Gasteiger partial charge in [-0.15, -0.1) is 5.11 Å². The van der Waals surface area contributed by atoms with Gasteiger partial charge in [0.1, 0.15) is 11.6 Å². The molecule has 24 heavy (non-hydrogen) atoms. The Morgan fingerprint density at radius 2 is 2.25 bits per heavy atom. The Morgan fingerprint density at radius 1 is 1.46 bits per heavy atom. The van der Waals surface area contributed by atoms with Gasteiger partial charge < -0.3 is 4.42 Å². The molecule has 0 fully saturated rings. The van der Waals surface area contributed by atoms with Crippen LogP contribution in [0, 0.1) is 5.92 Å². The topological polar surface area (TPSA) is 103 Å². The van der Waals surface area contributed by atoms with Gasteiger partial charge in [0.2, 0.25) is 11.8 Å². The number of fused-ring (bicyclic) bond motifs is 1. The minimum Gasteiger partial charge on any atom is -0.438 e. The first-order valence-corrected chi connectivity index (χ1v) is 7.74. The predicted octanol–water partition coefficient (Wildman–Crippen LogP) is 2.99. The molecule has 1 aliphatic rings. The molecule has 2 heterocycles. The summed E-state index contributed by atoms with van der Waals surface area (Å²) < 4.78 is 5.88. The number of para-hydroxylation sites is 2. The molecule has 3 rings (SSSR count). The fourth-order valence-corrected chi connectivity index (χ4v) is 2.63. The standard InChI is InChI=1S/C16H19N5O3/c1-10(2)15(16-17-12-5-3-4-6-13(12)24-16)21-9-11(18-20-21)7-8-14(22)19-23/h3-7,10,15,23H,8-9H2,1-2H3,(H,19,22)/b11-7-. The van der Waals surface area contributed by atoms with E-state index in [0.29, 0.717) is 18.1 Å². The van der Waals surface area contributed by atoms with E-state index < -0.39 is 5.91 Å². The third-order valence-corrected chi connectivity index (χ3v) is 3.78. The van der Waals surface area contributed by atoms with Crippen LogP contribution in [0.3, 0.4) is 0 Å². The molecule has 1 unspecified atom stereocenters. The van der Waals surface area contributed by atoms with E-state index in [4.69, 9.17) is 9.62 Å². The number of oxazole rings is 1. The number of carbonyl (C=O) groups excluding carboxylic acids is 1. The van der Waals surface area contributed by atoms with Crippen LogP contribution in [-0.4, -0.2) is 27.7 Å². The van der Waals surface area contributed by atoms with E-state index in [9.17, 15) is 4.79 Å². The molecule has 126 valence electrons. The number of aromatic nitrogens is 1. The van der Waals surface area contributed by atoms with Crippen molar-refractivity contribution in [3.05, 3.63) is 41.9 Å². The molecular formula is C16H19N5O3. The van der Waals surface area contributed by atoms with E-state index in [1.165, 1.54) is 0 Å². The molecule has 2 N–H and O–H groups in total. The summed E-state index contributed by atoms with van der Waals surface area (Å²) in [4.78, 5) is 15.7. The number of hydrogen-bond donors (Lipinski definition) is 2. The van der Waals surface area contributed by atoms with Crippen molar-refractivity contribution < 1.29 is 14.4 Å². The van der Waals surface area contributed by atoms with Crippen molar-refractivity contribution >= 4 is 17.0 Å². The van der Waals surface area contributed by atoms with Crippen LogP contribution in [0.4, 0.5) is 0 Å². The molecule has 1 amide bonds. The summed E-state index contributed by atoms with van der Waals surface area (Å²) in [6, 6.07) is 7.46. The summed E-state index contributed by atoms with van der Waals surface area (Å²) >= 11 is 0. The van der Waals surface area contributed by atoms with E-state index in [-0.39, 0.29) is 18.4 Å². The maximum absolute atomic E-state index is 11.1. The number of hydroxylamine groups is 1. The molecule has 1 aliphatic heterocycles. The second-order valence-corrected chi connectivity index (χ2v) is 5.93. The number of benzene rings is 1. The van der Waals surface area contributed by atoms with E-state index in [1.54, 1.807) is 16.6 Å². The van der Waals surface area contributed by atoms with E-state index >= 15 is 0 Å². The molecule has 0 aliphatic carbocycles. The van der Waals surface area contributed by atoms with Crippen molar-refractivity contribution in [2.45, 2.75) is 26.3 Å². The highest BCUT2D eigenvalue weighted by molar-refractivity contribution is 5.76. The van der Waals surface area contributed by atoms with Crippen LogP contribution in [0.25, 0.3) is 11.1 Å². The van der Waals surface area contributed by atoms with E-state index in [2.05, 4.69) is 29.2 Å². The van der Waals surface area contributed by atoms with Crippen molar-refractivity contribution in [2.24, 2.45) is 16.3 Å². The first-order chi connectivity index (χ1) is 11.6. The highest BCUT2D eigenvalue weighted by atomic mass is 16.5. The van der Waals surface area contributed by atoms with Gasteiger partial charge in [-0.2, -0.15) is 0 Å². The molecule has 2 aromatic rings. The number of nitrogens with zero attached hydrogens (tertiary/aromatic N) is 4. The zero-order valence-corrected chi connectivity index (χ0v) is 13.5. The molecule has 0 saturated carbocycles. The zero-order valence-electron chi connectivity index (χ0n) is 13.5. The maximum Gasteiger partial charge on any atom is 0.247 e. The fraction of sp³-hybridized carbons (Fsp3) is 0.375. The Bertz CT molecular complexity index is 763. The molecule has 1 atom stereocenters. The average Bonchev–Trinajstić information content (AvgIpc) is 3.19. The van der Waals surface area contributed by atoms with Gasteiger partial charge in [-0.25, -0.2) is 10.5 Å². The number of nitrogens with one attached hydrogen (secondary N) is 1. The van der Waals surface area contributed by atoms with Crippen molar-refractivity contribution in [3.8, 4) is 0 Å². The van der Waals surface area contributed by atoms with E-state index in [1.807, 2.05) is 24.3 Å². The maximum atomic E-state index is 11.1. The molecule has 1 aromatic carbocycles. The summed E-state index contributed by atoms with van der Waals surface area (Å²) in [5.74, 6) is 0.312. The van der Waals surface area contributed by atoms with Gasteiger partial charge in [0, 0.05) is 6.42 Å². The second-order valence-electron chi connectivity index (χ2n) is 5.93.